The molecule has 2 aromatic rings. The highest BCUT2D eigenvalue weighted by atomic mass is 16.3. The van der Waals surface area contributed by atoms with E-state index >= 15 is 0 Å². The molecule has 0 spiro atoms. The van der Waals surface area contributed by atoms with E-state index in [9.17, 15) is 4.79 Å². The predicted octanol–water partition coefficient (Wildman–Crippen LogP) is 2.99. The van der Waals surface area contributed by atoms with Gasteiger partial charge in [0.05, 0.1) is 12.0 Å². The van der Waals surface area contributed by atoms with Crippen LogP contribution in [0.1, 0.15) is 48.9 Å². The monoisotopic (exact) mass is 301 g/mol. The molecule has 1 saturated carbocycles. The number of nitrogens with zero attached hydrogens (tertiary/aromatic N) is 2. The molecule has 3 rings (SSSR count). The van der Waals surface area contributed by atoms with Gasteiger partial charge in [-0.25, -0.2) is 0 Å². The van der Waals surface area contributed by atoms with Gasteiger partial charge >= 0.3 is 0 Å². The third-order valence-electron chi connectivity index (χ3n) is 4.41. The average Bonchev–Trinajstić information content (AvgIpc) is 3.22. The number of aromatic nitrogens is 2. The van der Waals surface area contributed by atoms with Gasteiger partial charge < -0.3 is 9.73 Å². The summed E-state index contributed by atoms with van der Waals surface area (Å²) in [5, 5.41) is 7.64. The molecule has 22 heavy (non-hydrogen) atoms. The molecule has 0 bridgehead atoms. The maximum absolute atomic E-state index is 12.3. The first-order chi connectivity index (χ1) is 10.6. The van der Waals surface area contributed by atoms with Crippen LogP contribution in [0, 0.1) is 19.8 Å². The van der Waals surface area contributed by atoms with E-state index in [-0.39, 0.29) is 17.9 Å². The van der Waals surface area contributed by atoms with Crippen molar-refractivity contribution in [1.29, 1.82) is 0 Å². The highest BCUT2D eigenvalue weighted by Crippen LogP contribution is 2.25. The molecule has 2 heterocycles. The van der Waals surface area contributed by atoms with Crippen LogP contribution in [-0.4, -0.2) is 22.2 Å². The lowest BCUT2D eigenvalue weighted by atomic mass is 10.1. The Hall–Kier alpha value is -2.04. The molecule has 1 amide bonds. The second-order valence-electron chi connectivity index (χ2n) is 6.13. The van der Waals surface area contributed by atoms with E-state index in [1.165, 1.54) is 0 Å². The molecular formula is C17H23N3O2. The summed E-state index contributed by atoms with van der Waals surface area (Å²) in [4.78, 5) is 12.3. The van der Waals surface area contributed by atoms with Gasteiger partial charge in [-0.05, 0) is 44.9 Å². The summed E-state index contributed by atoms with van der Waals surface area (Å²) in [6, 6.07) is 5.73. The first-order valence-electron chi connectivity index (χ1n) is 7.99. The number of nitrogens with one attached hydrogen (secondary N) is 1. The minimum atomic E-state index is -0.103. The Balaban J connectivity index is 1.75. The number of hydrogen-bond donors (Lipinski definition) is 1. The molecule has 1 unspecified atom stereocenters. The molecule has 1 N–H and O–H groups in total. The molecule has 0 aliphatic heterocycles. The van der Waals surface area contributed by atoms with E-state index in [0.717, 1.165) is 42.8 Å². The molecule has 1 atom stereocenters. The molecule has 1 aliphatic carbocycles. The lowest BCUT2D eigenvalue weighted by molar-refractivity contribution is -0.124. The number of amides is 1. The third-order valence-corrected chi connectivity index (χ3v) is 4.41. The molecular weight excluding hydrogens is 278 g/mol. The van der Waals surface area contributed by atoms with E-state index in [4.69, 9.17) is 4.42 Å². The second kappa shape index (κ2) is 6.38. The smallest absolute Gasteiger partial charge is 0.223 e. The molecule has 1 fully saturated rings. The fraction of sp³-hybridized carbons (Fsp3) is 0.529. The van der Waals surface area contributed by atoms with Crippen molar-refractivity contribution in [2.45, 2.75) is 45.6 Å². The Morgan fingerprint density at radius 2 is 2.23 bits per heavy atom. The minimum absolute atomic E-state index is 0.103. The van der Waals surface area contributed by atoms with E-state index < -0.39 is 0 Å². The van der Waals surface area contributed by atoms with Gasteiger partial charge in [0.25, 0.3) is 0 Å². The SMILES string of the molecule is Cc1cc(C)n(C(CNC(=O)C2CCCC2)c2ccco2)n1. The topological polar surface area (TPSA) is 60.1 Å². The van der Waals surface area contributed by atoms with Crippen molar-refractivity contribution in [2.24, 2.45) is 5.92 Å². The van der Waals surface area contributed by atoms with Crippen LogP contribution in [0.25, 0.3) is 0 Å². The van der Waals surface area contributed by atoms with Crippen LogP contribution < -0.4 is 5.32 Å². The Morgan fingerprint density at radius 1 is 1.45 bits per heavy atom. The summed E-state index contributed by atoms with van der Waals surface area (Å²) >= 11 is 0. The summed E-state index contributed by atoms with van der Waals surface area (Å²) in [5.41, 5.74) is 2.03. The van der Waals surface area contributed by atoms with Gasteiger partial charge in [0.15, 0.2) is 0 Å². The van der Waals surface area contributed by atoms with Crippen LogP contribution in [0.5, 0.6) is 0 Å². The summed E-state index contributed by atoms with van der Waals surface area (Å²) in [6.45, 7) is 4.50. The van der Waals surface area contributed by atoms with Crippen LogP contribution in [0.2, 0.25) is 0 Å². The third kappa shape index (κ3) is 3.08. The molecule has 118 valence electrons. The van der Waals surface area contributed by atoms with Crippen molar-refractivity contribution in [3.63, 3.8) is 0 Å². The number of carbonyl (C=O) groups excluding carboxylic acids is 1. The predicted molar refractivity (Wildman–Crippen MR) is 83.5 cm³/mol. The zero-order valence-corrected chi connectivity index (χ0v) is 13.2. The van der Waals surface area contributed by atoms with Crippen molar-refractivity contribution in [1.82, 2.24) is 15.1 Å². The highest BCUT2D eigenvalue weighted by molar-refractivity contribution is 5.78. The standard InChI is InChI=1S/C17H23N3O2/c1-12-10-13(2)20(19-12)15(16-8-5-9-22-16)11-18-17(21)14-6-3-4-7-14/h5,8-10,14-15H,3-4,6-7,11H2,1-2H3,(H,18,21). The van der Waals surface area contributed by atoms with Crippen LogP contribution in [0.4, 0.5) is 0 Å². The van der Waals surface area contributed by atoms with E-state index in [1.54, 1.807) is 6.26 Å². The van der Waals surface area contributed by atoms with Gasteiger partial charge in [0.1, 0.15) is 11.8 Å². The fourth-order valence-corrected chi connectivity index (χ4v) is 3.28. The van der Waals surface area contributed by atoms with Crippen molar-refractivity contribution in [3.05, 3.63) is 41.6 Å². The molecule has 0 aromatic carbocycles. The zero-order valence-electron chi connectivity index (χ0n) is 13.2. The fourth-order valence-electron chi connectivity index (χ4n) is 3.28. The first kappa shape index (κ1) is 14.9. The van der Waals surface area contributed by atoms with Gasteiger partial charge in [0, 0.05) is 18.2 Å². The number of rotatable bonds is 5. The van der Waals surface area contributed by atoms with Crippen molar-refractivity contribution >= 4 is 5.91 Å². The van der Waals surface area contributed by atoms with Crippen LogP contribution in [-0.2, 0) is 4.79 Å². The number of carbonyl (C=O) groups is 1. The second-order valence-corrected chi connectivity index (χ2v) is 6.13. The highest BCUT2D eigenvalue weighted by Gasteiger charge is 2.25. The molecule has 5 nitrogen and oxygen atoms in total. The number of furan rings is 1. The maximum atomic E-state index is 12.3. The Kier molecular flexibility index (Phi) is 4.32. The normalized spacial score (nSPS) is 16.8. The largest absolute Gasteiger partial charge is 0.467 e. The number of hydrogen-bond acceptors (Lipinski definition) is 3. The van der Waals surface area contributed by atoms with E-state index in [1.807, 2.05) is 36.7 Å². The molecule has 2 aromatic heterocycles. The lowest BCUT2D eigenvalue weighted by Gasteiger charge is -2.19. The summed E-state index contributed by atoms with van der Waals surface area (Å²) in [5.74, 6) is 1.16. The summed E-state index contributed by atoms with van der Waals surface area (Å²) < 4.78 is 7.49. The van der Waals surface area contributed by atoms with Crippen molar-refractivity contribution < 1.29 is 9.21 Å². The average molecular weight is 301 g/mol. The Labute approximate surface area is 130 Å². The van der Waals surface area contributed by atoms with Gasteiger partial charge in [-0.1, -0.05) is 12.8 Å². The van der Waals surface area contributed by atoms with Gasteiger partial charge in [-0.15, -0.1) is 0 Å². The van der Waals surface area contributed by atoms with Gasteiger partial charge in [-0.3, -0.25) is 9.48 Å². The first-order valence-corrected chi connectivity index (χ1v) is 7.99. The minimum Gasteiger partial charge on any atom is -0.467 e. The molecule has 5 heteroatoms. The number of aryl methyl sites for hydroxylation is 2. The molecule has 0 radical (unpaired) electrons. The zero-order chi connectivity index (χ0) is 15.5. The van der Waals surface area contributed by atoms with E-state index in [0.29, 0.717) is 6.54 Å². The van der Waals surface area contributed by atoms with Crippen molar-refractivity contribution in [3.8, 4) is 0 Å². The van der Waals surface area contributed by atoms with Crippen LogP contribution >= 0.6 is 0 Å². The van der Waals surface area contributed by atoms with Gasteiger partial charge in [0.2, 0.25) is 5.91 Å². The summed E-state index contributed by atoms with van der Waals surface area (Å²) in [7, 11) is 0. The summed E-state index contributed by atoms with van der Waals surface area (Å²) in [6.07, 6.45) is 6.01. The van der Waals surface area contributed by atoms with E-state index in [2.05, 4.69) is 10.4 Å². The quantitative estimate of drug-likeness (QED) is 0.923. The lowest BCUT2D eigenvalue weighted by Crippen LogP contribution is -2.35. The Bertz CT molecular complexity index is 624. The van der Waals surface area contributed by atoms with Gasteiger partial charge in [-0.2, -0.15) is 5.10 Å². The van der Waals surface area contributed by atoms with Crippen molar-refractivity contribution in [2.75, 3.05) is 6.54 Å². The van der Waals surface area contributed by atoms with Crippen LogP contribution in [0.15, 0.2) is 28.9 Å². The van der Waals surface area contributed by atoms with Crippen LogP contribution in [0.3, 0.4) is 0 Å². The molecule has 0 saturated heterocycles. The Morgan fingerprint density at radius 3 is 2.82 bits per heavy atom. The maximum Gasteiger partial charge on any atom is 0.223 e. The molecule has 1 aliphatic rings.